The molecule has 3 nitrogen and oxygen atoms in total. The molecule has 0 unspecified atom stereocenters. The molecule has 0 aliphatic rings. The van der Waals surface area contributed by atoms with E-state index in [9.17, 15) is 0 Å². The zero-order valence-corrected chi connectivity index (χ0v) is 9.67. The third-order valence-corrected chi connectivity index (χ3v) is 2.86. The lowest BCUT2D eigenvalue weighted by Gasteiger charge is -2.04. The second-order valence-electron chi connectivity index (χ2n) is 4.17. The van der Waals surface area contributed by atoms with Crippen molar-refractivity contribution in [3.63, 3.8) is 0 Å². The lowest BCUT2D eigenvalue weighted by Crippen LogP contribution is -2.02. The molecule has 0 saturated carbocycles. The highest BCUT2D eigenvalue weighted by atomic mass is 15.0. The molecule has 17 heavy (non-hydrogen) atoms. The minimum atomic E-state index is 0.716. The SMILES string of the molecule is Cc1ccc2c(ccn2Cc2ncccn2)c1. The predicted molar refractivity (Wildman–Crippen MR) is 67.8 cm³/mol. The quantitative estimate of drug-likeness (QED) is 0.668. The van der Waals surface area contributed by atoms with E-state index in [1.807, 2.05) is 6.07 Å². The Bertz CT molecular complexity index is 641. The summed E-state index contributed by atoms with van der Waals surface area (Å²) in [5, 5.41) is 1.26. The van der Waals surface area contributed by atoms with Gasteiger partial charge in [0.1, 0.15) is 5.82 Å². The second-order valence-corrected chi connectivity index (χ2v) is 4.17. The largest absolute Gasteiger partial charge is 0.340 e. The molecule has 2 aromatic heterocycles. The maximum atomic E-state index is 4.25. The zero-order chi connectivity index (χ0) is 11.7. The first kappa shape index (κ1) is 10.0. The van der Waals surface area contributed by atoms with Crippen LogP contribution < -0.4 is 0 Å². The summed E-state index contributed by atoms with van der Waals surface area (Å²) in [6, 6.07) is 10.4. The summed E-state index contributed by atoms with van der Waals surface area (Å²) in [6.07, 6.45) is 5.64. The average Bonchev–Trinajstić information content (AvgIpc) is 2.73. The summed E-state index contributed by atoms with van der Waals surface area (Å²) >= 11 is 0. The molecule has 0 spiro atoms. The van der Waals surface area contributed by atoms with E-state index in [-0.39, 0.29) is 0 Å². The number of benzene rings is 1. The van der Waals surface area contributed by atoms with Crippen LogP contribution in [-0.2, 0) is 6.54 Å². The van der Waals surface area contributed by atoms with Crippen molar-refractivity contribution in [2.75, 3.05) is 0 Å². The van der Waals surface area contributed by atoms with Gasteiger partial charge in [-0.3, -0.25) is 0 Å². The molecule has 0 radical (unpaired) electrons. The monoisotopic (exact) mass is 223 g/mol. The fourth-order valence-electron chi connectivity index (χ4n) is 2.02. The molecule has 84 valence electrons. The first-order chi connectivity index (χ1) is 8.33. The molecule has 0 atom stereocenters. The maximum Gasteiger partial charge on any atom is 0.147 e. The molecule has 1 aromatic carbocycles. The van der Waals surface area contributed by atoms with Gasteiger partial charge in [-0.15, -0.1) is 0 Å². The number of rotatable bonds is 2. The first-order valence-corrected chi connectivity index (χ1v) is 5.64. The Labute approximate surface area is 99.8 Å². The number of nitrogens with zero attached hydrogens (tertiary/aromatic N) is 3. The Morgan fingerprint density at radius 3 is 2.76 bits per heavy atom. The van der Waals surface area contributed by atoms with Gasteiger partial charge in [0.05, 0.1) is 6.54 Å². The van der Waals surface area contributed by atoms with Crippen LogP contribution in [0.15, 0.2) is 48.9 Å². The minimum absolute atomic E-state index is 0.716. The molecule has 3 rings (SSSR count). The highest BCUT2D eigenvalue weighted by Gasteiger charge is 2.02. The van der Waals surface area contributed by atoms with Crippen LogP contribution in [0.3, 0.4) is 0 Å². The number of hydrogen-bond acceptors (Lipinski definition) is 2. The molecule has 0 fully saturated rings. The topological polar surface area (TPSA) is 30.7 Å². The lowest BCUT2D eigenvalue weighted by molar-refractivity contribution is 0.771. The van der Waals surface area contributed by atoms with Crippen LogP contribution in [0.4, 0.5) is 0 Å². The third kappa shape index (κ3) is 1.91. The number of hydrogen-bond donors (Lipinski definition) is 0. The van der Waals surface area contributed by atoms with Crippen molar-refractivity contribution in [1.29, 1.82) is 0 Å². The van der Waals surface area contributed by atoms with Gasteiger partial charge >= 0.3 is 0 Å². The van der Waals surface area contributed by atoms with Gasteiger partial charge in [-0.1, -0.05) is 11.6 Å². The van der Waals surface area contributed by atoms with E-state index < -0.39 is 0 Å². The molecule has 3 heteroatoms. The maximum absolute atomic E-state index is 4.25. The van der Waals surface area contributed by atoms with Gasteiger partial charge in [0.2, 0.25) is 0 Å². The molecule has 0 N–H and O–H groups in total. The second kappa shape index (κ2) is 4.01. The van der Waals surface area contributed by atoms with Crippen molar-refractivity contribution in [3.8, 4) is 0 Å². The van der Waals surface area contributed by atoms with Gasteiger partial charge in [-0.25, -0.2) is 9.97 Å². The van der Waals surface area contributed by atoms with E-state index in [4.69, 9.17) is 0 Å². The molecule has 0 bridgehead atoms. The smallest absolute Gasteiger partial charge is 0.147 e. The normalized spacial score (nSPS) is 10.9. The van der Waals surface area contributed by atoms with Crippen LogP contribution in [0, 0.1) is 6.92 Å². The average molecular weight is 223 g/mol. The zero-order valence-electron chi connectivity index (χ0n) is 9.67. The Balaban J connectivity index is 2.01. The van der Waals surface area contributed by atoms with Crippen molar-refractivity contribution in [3.05, 3.63) is 60.3 Å². The van der Waals surface area contributed by atoms with Crippen molar-refractivity contribution in [2.24, 2.45) is 0 Å². The summed E-state index contributed by atoms with van der Waals surface area (Å²) < 4.78 is 2.17. The van der Waals surface area contributed by atoms with Gasteiger partial charge in [-0.2, -0.15) is 0 Å². The summed E-state index contributed by atoms with van der Waals surface area (Å²) in [5.74, 6) is 0.838. The van der Waals surface area contributed by atoms with Crippen LogP contribution in [0.25, 0.3) is 10.9 Å². The van der Waals surface area contributed by atoms with Crippen molar-refractivity contribution < 1.29 is 0 Å². The van der Waals surface area contributed by atoms with Gasteiger partial charge in [0.25, 0.3) is 0 Å². The highest BCUT2D eigenvalue weighted by molar-refractivity contribution is 5.80. The molecule has 0 aliphatic carbocycles. The molecular weight excluding hydrogens is 210 g/mol. The van der Waals surface area contributed by atoms with E-state index in [0.29, 0.717) is 6.54 Å². The molecule has 0 aliphatic heterocycles. The van der Waals surface area contributed by atoms with E-state index in [1.165, 1.54) is 16.5 Å². The van der Waals surface area contributed by atoms with Crippen molar-refractivity contribution in [1.82, 2.24) is 14.5 Å². The Kier molecular flexibility index (Phi) is 2.37. The summed E-state index contributed by atoms with van der Waals surface area (Å²) in [5.41, 5.74) is 2.51. The van der Waals surface area contributed by atoms with Crippen LogP contribution in [0.1, 0.15) is 11.4 Å². The van der Waals surface area contributed by atoms with Crippen LogP contribution in [-0.4, -0.2) is 14.5 Å². The lowest BCUT2D eigenvalue weighted by atomic mass is 10.2. The number of aromatic nitrogens is 3. The van der Waals surface area contributed by atoms with Crippen molar-refractivity contribution >= 4 is 10.9 Å². The van der Waals surface area contributed by atoms with E-state index >= 15 is 0 Å². The number of aryl methyl sites for hydroxylation is 1. The molecule has 0 saturated heterocycles. The highest BCUT2D eigenvalue weighted by Crippen LogP contribution is 2.17. The molecular formula is C14H13N3. The van der Waals surface area contributed by atoms with Crippen LogP contribution in [0.5, 0.6) is 0 Å². The minimum Gasteiger partial charge on any atom is -0.340 e. The fraction of sp³-hybridized carbons (Fsp3) is 0.143. The Morgan fingerprint density at radius 2 is 1.94 bits per heavy atom. The molecule has 0 amide bonds. The number of fused-ring (bicyclic) bond motifs is 1. The van der Waals surface area contributed by atoms with Gasteiger partial charge in [0, 0.05) is 24.1 Å². The van der Waals surface area contributed by atoms with Crippen LogP contribution in [0.2, 0.25) is 0 Å². The van der Waals surface area contributed by atoms with Gasteiger partial charge < -0.3 is 4.57 Å². The third-order valence-electron chi connectivity index (χ3n) is 2.86. The van der Waals surface area contributed by atoms with Crippen LogP contribution >= 0.6 is 0 Å². The van der Waals surface area contributed by atoms with E-state index in [2.05, 4.69) is 51.9 Å². The Morgan fingerprint density at radius 1 is 1.12 bits per heavy atom. The molecule has 2 heterocycles. The Hall–Kier alpha value is -2.16. The first-order valence-electron chi connectivity index (χ1n) is 5.64. The van der Waals surface area contributed by atoms with Gasteiger partial charge in [0.15, 0.2) is 0 Å². The van der Waals surface area contributed by atoms with E-state index in [0.717, 1.165) is 5.82 Å². The fourth-order valence-corrected chi connectivity index (χ4v) is 2.02. The summed E-state index contributed by atoms with van der Waals surface area (Å²) in [6.45, 7) is 2.82. The predicted octanol–water partition coefficient (Wildman–Crippen LogP) is 2.79. The summed E-state index contributed by atoms with van der Waals surface area (Å²) in [7, 11) is 0. The standard InChI is InChI=1S/C14H13N3/c1-11-3-4-13-12(9-11)5-8-17(13)10-14-15-6-2-7-16-14/h2-9H,10H2,1H3. The van der Waals surface area contributed by atoms with Crippen molar-refractivity contribution in [2.45, 2.75) is 13.5 Å². The van der Waals surface area contributed by atoms with E-state index in [1.54, 1.807) is 12.4 Å². The van der Waals surface area contributed by atoms with Gasteiger partial charge in [-0.05, 0) is 36.6 Å². The molecule has 3 aromatic rings. The summed E-state index contributed by atoms with van der Waals surface area (Å²) in [4.78, 5) is 8.49.